The molecular formula is C16H19FN2O. The van der Waals surface area contributed by atoms with Crippen molar-refractivity contribution in [1.82, 2.24) is 9.78 Å². The van der Waals surface area contributed by atoms with Crippen LogP contribution in [0.4, 0.5) is 4.39 Å². The van der Waals surface area contributed by atoms with Gasteiger partial charge in [-0.1, -0.05) is 12.1 Å². The predicted octanol–water partition coefficient (Wildman–Crippen LogP) is 3.30. The molecule has 2 aromatic rings. The highest BCUT2D eigenvalue weighted by Gasteiger charge is 2.13. The van der Waals surface area contributed by atoms with E-state index in [0.29, 0.717) is 24.0 Å². The van der Waals surface area contributed by atoms with E-state index < -0.39 is 0 Å². The van der Waals surface area contributed by atoms with Crippen LogP contribution >= 0.6 is 0 Å². The summed E-state index contributed by atoms with van der Waals surface area (Å²) in [6, 6.07) is 4.65. The minimum Gasteiger partial charge on any atom is -0.294 e. The number of aromatic nitrogens is 2. The smallest absolute Gasteiger partial charge is 0.163 e. The van der Waals surface area contributed by atoms with Crippen LogP contribution in [-0.4, -0.2) is 15.6 Å². The summed E-state index contributed by atoms with van der Waals surface area (Å²) in [5, 5.41) is 4.33. The Morgan fingerprint density at radius 3 is 2.55 bits per heavy atom. The van der Waals surface area contributed by atoms with Crippen LogP contribution in [0, 0.1) is 26.6 Å². The van der Waals surface area contributed by atoms with E-state index >= 15 is 0 Å². The summed E-state index contributed by atoms with van der Waals surface area (Å²) >= 11 is 0. The average molecular weight is 274 g/mol. The van der Waals surface area contributed by atoms with Gasteiger partial charge in [0.25, 0.3) is 0 Å². The van der Waals surface area contributed by atoms with E-state index in [-0.39, 0.29) is 11.6 Å². The lowest BCUT2D eigenvalue weighted by Gasteiger charge is -2.04. The third kappa shape index (κ3) is 2.79. The van der Waals surface area contributed by atoms with Crippen molar-refractivity contribution in [2.24, 2.45) is 7.05 Å². The number of benzene rings is 1. The second-order valence-corrected chi connectivity index (χ2v) is 5.16. The fraction of sp³-hybridized carbons (Fsp3) is 0.375. The molecule has 0 bridgehead atoms. The number of carbonyl (C=O) groups excluding carboxylic acids is 1. The summed E-state index contributed by atoms with van der Waals surface area (Å²) in [6.45, 7) is 5.62. The van der Waals surface area contributed by atoms with Crippen LogP contribution in [0.15, 0.2) is 18.2 Å². The van der Waals surface area contributed by atoms with Gasteiger partial charge in [0.15, 0.2) is 5.78 Å². The number of hydrogen-bond acceptors (Lipinski definition) is 2. The monoisotopic (exact) mass is 274 g/mol. The Hall–Kier alpha value is -1.97. The van der Waals surface area contributed by atoms with Crippen LogP contribution in [0.1, 0.15) is 39.3 Å². The van der Waals surface area contributed by atoms with E-state index in [0.717, 1.165) is 17.0 Å². The number of ketones is 1. The molecule has 0 aliphatic carbocycles. The van der Waals surface area contributed by atoms with E-state index in [4.69, 9.17) is 0 Å². The first-order valence-electron chi connectivity index (χ1n) is 6.68. The van der Waals surface area contributed by atoms with Gasteiger partial charge in [-0.15, -0.1) is 0 Å². The zero-order chi connectivity index (χ0) is 14.9. The molecule has 0 fully saturated rings. The lowest BCUT2D eigenvalue weighted by Crippen LogP contribution is -2.03. The summed E-state index contributed by atoms with van der Waals surface area (Å²) in [5.74, 6) is -0.365. The topological polar surface area (TPSA) is 34.9 Å². The summed E-state index contributed by atoms with van der Waals surface area (Å²) in [4.78, 5) is 12.1. The average Bonchev–Trinajstić information content (AvgIpc) is 2.64. The molecule has 1 aromatic carbocycles. The quantitative estimate of drug-likeness (QED) is 0.802. The molecule has 0 aliphatic rings. The Labute approximate surface area is 118 Å². The maximum absolute atomic E-state index is 13.5. The molecule has 4 heteroatoms. The van der Waals surface area contributed by atoms with E-state index in [9.17, 15) is 9.18 Å². The second-order valence-electron chi connectivity index (χ2n) is 5.16. The predicted molar refractivity (Wildman–Crippen MR) is 76.5 cm³/mol. The molecule has 0 saturated carbocycles. The highest BCUT2D eigenvalue weighted by atomic mass is 19.1. The number of hydrogen-bond donors (Lipinski definition) is 0. The highest BCUT2D eigenvalue weighted by molar-refractivity contribution is 5.96. The number of Topliss-reactive ketones (excluding diaryl/α,β-unsaturated/α-hetero) is 1. The number of nitrogens with zero attached hydrogens (tertiary/aromatic N) is 2. The molecule has 0 aliphatic heterocycles. The van der Waals surface area contributed by atoms with Gasteiger partial charge in [-0.05, 0) is 44.4 Å². The molecule has 20 heavy (non-hydrogen) atoms. The van der Waals surface area contributed by atoms with Gasteiger partial charge in [0.2, 0.25) is 0 Å². The van der Waals surface area contributed by atoms with Crippen molar-refractivity contribution in [3.63, 3.8) is 0 Å². The van der Waals surface area contributed by atoms with Crippen LogP contribution < -0.4 is 0 Å². The minimum atomic E-state index is -0.329. The lowest BCUT2D eigenvalue weighted by molar-refractivity contribution is 0.0982. The van der Waals surface area contributed by atoms with Gasteiger partial charge in [-0.25, -0.2) is 4.39 Å². The molecule has 1 heterocycles. The Bertz CT molecular complexity index is 659. The largest absolute Gasteiger partial charge is 0.294 e. The van der Waals surface area contributed by atoms with Crippen molar-refractivity contribution >= 4 is 5.78 Å². The Morgan fingerprint density at radius 1 is 1.30 bits per heavy atom. The standard InChI is InChI=1S/C16H19FN2O/c1-10-5-6-13(9-15(10)17)16(20)8-7-14-11(2)18-19(4)12(14)3/h5-6,9H,7-8H2,1-4H3. The van der Waals surface area contributed by atoms with Crippen LogP contribution in [0.3, 0.4) is 0 Å². The van der Waals surface area contributed by atoms with E-state index in [2.05, 4.69) is 5.10 Å². The van der Waals surface area contributed by atoms with Crippen molar-refractivity contribution in [1.29, 1.82) is 0 Å². The second kappa shape index (κ2) is 5.57. The molecule has 0 atom stereocenters. The zero-order valence-corrected chi connectivity index (χ0v) is 12.3. The fourth-order valence-corrected chi connectivity index (χ4v) is 2.33. The van der Waals surface area contributed by atoms with Crippen LogP contribution in [0.25, 0.3) is 0 Å². The zero-order valence-electron chi connectivity index (χ0n) is 12.3. The Balaban J connectivity index is 2.10. The maximum atomic E-state index is 13.5. The molecule has 2 rings (SSSR count). The SMILES string of the molecule is Cc1ccc(C(=O)CCc2c(C)nn(C)c2C)cc1F. The number of carbonyl (C=O) groups is 1. The normalized spacial score (nSPS) is 10.8. The van der Waals surface area contributed by atoms with Crippen LogP contribution in [-0.2, 0) is 13.5 Å². The molecule has 0 unspecified atom stereocenters. The van der Waals surface area contributed by atoms with Crippen molar-refractivity contribution in [3.8, 4) is 0 Å². The number of rotatable bonds is 4. The Kier molecular flexibility index (Phi) is 4.02. The molecule has 0 amide bonds. The molecule has 0 saturated heterocycles. The third-order valence-electron chi connectivity index (χ3n) is 3.75. The van der Waals surface area contributed by atoms with Gasteiger partial charge >= 0.3 is 0 Å². The number of aryl methyl sites for hydroxylation is 3. The maximum Gasteiger partial charge on any atom is 0.163 e. The molecule has 0 spiro atoms. The Morgan fingerprint density at radius 2 is 2.00 bits per heavy atom. The molecule has 106 valence electrons. The molecule has 3 nitrogen and oxygen atoms in total. The summed E-state index contributed by atoms with van der Waals surface area (Å²) in [7, 11) is 1.89. The van der Waals surface area contributed by atoms with Crippen molar-refractivity contribution in [3.05, 3.63) is 52.1 Å². The molecule has 0 radical (unpaired) electrons. The van der Waals surface area contributed by atoms with Gasteiger partial charge in [0.1, 0.15) is 5.82 Å². The van der Waals surface area contributed by atoms with E-state index in [1.54, 1.807) is 19.1 Å². The highest BCUT2D eigenvalue weighted by Crippen LogP contribution is 2.17. The summed E-state index contributed by atoms with van der Waals surface area (Å²) in [6.07, 6.45) is 1.01. The molecular weight excluding hydrogens is 255 g/mol. The first-order chi connectivity index (χ1) is 9.40. The van der Waals surface area contributed by atoms with Crippen LogP contribution in [0.5, 0.6) is 0 Å². The van der Waals surface area contributed by atoms with Crippen molar-refractivity contribution < 1.29 is 9.18 Å². The molecule has 0 N–H and O–H groups in total. The van der Waals surface area contributed by atoms with Gasteiger partial charge in [-0.2, -0.15) is 5.10 Å². The van der Waals surface area contributed by atoms with Gasteiger partial charge in [0.05, 0.1) is 5.69 Å². The first kappa shape index (κ1) is 14.4. The van der Waals surface area contributed by atoms with Gasteiger partial charge in [-0.3, -0.25) is 9.48 Å². The third-order valence-corrected chi connectivity index (χ3v) is 3.75. The number of halogens is 1. The van der Waals surface area contributed by atoms with Crippen molar-refractivity contribution in [2.75, 3.05) is 0 Å². The first-order valence-corrected chi connectivity index (χ1v) is 6.68. The summed E-state index contributed by atoms with van der Waals surface area (Å²) < 4.78 is 15.3. The minimum absolute atomic E-state index is 0.0356. The lowest BCUT2D eigenvalue weighted by atomic mass is 10.0. The van der Waals surface area contributed by atoms with E-state index in [1.807, 2.05) is 25.6 Å². The van der Waals surface area contributed by atoms with Gasteiger partial charge < -0.3 is 0 Å². The molecule has 1 aromatic heterocycles. The van der Waals surface area contributed by atoms with Crippen molar-refractivity contribution in [2.45, 2.75) is 33.6 Å². The summed E-state index contributed by atoms with van der Waals surface area (Å²) in [5.41, 5.74) is 4.12. The fourth-order valence-electron chi connectivity index (χ4n) is 2.33. The van der Waals surface area contributed by atoms with E-state index in [1.165, 1.54) is 6.07 Å². The van der Waals surface area contributed by atoms with Crippen LogP contribution in [0.2, 0.25) is 0 Å². The van der Waals surface area contributed by atoms with Gasteiger partial charge in [0, 0.05) is 24.7 Å².